The van der Waals surface area contributed by atoms with Crippen molar-refractivity contribution in [2.45, 2.75) is 37.5 Å². The molecule has 1 saturated heterocycles. The Hall–Kier alpha value is -1.28. The predicted molar refractivity (Wildman–Crippen MR) is 123 cm³/mol. The molecule has 0 spiro atoms. The normalized spacial score (nSPS) is 22.5. The number of hydrogen-bond donors (Lipinski definition) is 2. The third-order valence-electron chi connectivity index (χ3n) is 6.37. The highest BCUT2D eigenvalue weighted by Gasteiger charge is 2.25. The van der Waals surface area contributed by atoms with Crippen LogP contribution >= 0.6 is 11.3 Å². The predicted octanol–water partition coefficient (Wildman–Crippen LogP) is 3.08. The van der Waals surface area contributed by atoms with Crippen LogP contribution in [0.25, 0.3) is 0 Å². The highest BCUT2D eigenvalue weighted by atomic mass is 32.1. The second kappa shape index (κ2) is 10.8. The van der Waals surface area contributed by atoms with Gasteiger partial charge in [0.25, 0.3) is 0 Å². The minimum atomic E-state index is -0.490. The second-order valence-electron chi connectivity index (χ2n) is 8.60. The molecule has 0 radical (unpaired) electrons. The summed E-state index contributed by atoms with van der Waals surface area (Å²) in [5.41, 5.74) is 2.70. The number of nitrogens with one attached hydrogen (secondary N) is 1. The van der Waals surface area contributed by atoms with E-state index in [1.807, 2.05) is 11.3 Å². The third-order valence-corrected chi connectivity index (χ3v) is 7.35. The zero-order chi connectivity index (χ0) is 20.8. The molecular weight excluding hydrogens is 394 g/mol. The zero-order valence-corrected chi connectivity index (χ0v) is 18.8. The van der Waals surface area contributed by atoms with Crippen molar-refractivity contribution >= 4 is 11.3 Å². The molecule has 2 aromatic rings. The van der Waals surface area contributed by atoms with Crippen LogP contribution in [-0.4, -0.2) is 73.9 Å². The van der Waals surface area contributed by atoms with E-state index in [-0.39, 0.29) is 6.10 Å². The fourth-order valence-electron chi connectivity index (χ4n) is 4.58. The van der Waals surface area contributed by atoms with E-state index in [0.717, 1.165) is 52.0 Å². The summed E-state index contributed by atoms with van der Waals surface area (Å²) in [6, 6.07) is 13.3. The maximum atomic E-state index is 10.5. The summed E-state index contributed by atoms with van der Waals surface area (Å²) in [5, 5.41) is 16.2. The maximum absolute atomic E-state index is 10.5. The summed E-state index contributed by atoms with van der Waals surface area (Å²) in [4.78, 5) is 6.36. The lowest BCUT2D eigenvalue weighted by Gasteiger charge is -2.38. The Kier molecular flexibility index (Phi) is 7.93. The van der Waals surface area contributed by atoms with Crippen molar-refractivity contribution in [2.24, 2.45) is 0 Å². The van der Waals surface area contributed by atoms with E-state index in [0.29, 0.717) is 19.2 Å². The average Bonchev–Trinajstić information content (AvgIpc) is 3.30. The molecule has 164 valence electrons. The first-order chi connectivity index (χ1) is 14.7. The summed E-state index contributed by atoms with van der Waals surface area (Å²) in [6.07, 6.45) is 2.96. The summed E-state index contributed by atoms with van der Waals surface area (Å²) in [5.74, 6) is 0. The highest BCUT2D eigenvalue weighted by Crippen LogP contribution is 2.32. The smallest absolute Gasteiger partial charge is 0.0897 e. The first-order valence-electron chi connectivity index (χ1n) is 11.2. The SMILES string of the molecule is CN1CCN([C@@H](CNC[C@H](O)CO[C@@H]2CCCc3ccccc32)c2cccs2)CC1. The number of benzene rings is 1. The molecule has 1 aliphatic carbocycles. The van der Waals surface area contributed by atoms with Gasteiger partial charge in [-0.1, -0.05) is 30.3 Å². The number of aryl methyl sites for hydroxylation is 1. The number of thiophene rings is 1. The van der Waals surface area contributed by atoms with Crippen molar-refractivity contribution in [1.82, 2.24) is 15.1 Å². The lowest BCUT2D eigenvalue weighted by atomic mass is 9.89. The van der Waals surface area contributed by atoms with Gasteiger partial charge in [-0.2, -0.15) is 0 Å². The summed E-state index contributed by atoms with van der Waals surface area (Å²) in [7, 11) is 2.19. The Bertz CT molecular complexity index is 762. The number of likely N-dealkylation sites (N-methyl/N-ethyl adjacent to an activating group) is 1. The topological polar surface area (TPSA) is 48.0 Å². The van der Waals surface area contributed by atoms with E-state index in [9.17, 15) is 5.11 Å². The van der Waals surface area contributed by atoms with Crippen molar-refractivity contribution < 1.29 is 9.84 Å². The first kappa shape index (κ1) is 21.9. The van der Waals surface area contributed by atoms with Crippen LogP contribution in [0.2, 0.25) is 0 Å². The van der Waals surface area contributed by atoms with Gasteiger partial charge in [0.15, 0.2) is 0 Å². The van der Waals surface area contributed by atoms with E-state index in [1.165, 1.54) is 16.0 Å². The largest absolute Gasteiger partial charge is 0.389 e. The molecule has 2 heterocycles. The molecule has 30 heavy (non-hydrogen) atoms. The number of hydrogen-bond acceptors (Lipinski definition) is 6. The molecule has 0 bridgehead atoms. The van der Waals surface area contributed by atoms with Gasteiger partial charge in [0, 0.05) is 44.1 Å². The Morgan fingerprint density at radius 2 is 1.97 bits per heavy atom. The van der Waals surface area contributed by atoms with Crippen LogP contribution in [0.5, 0.6) is 0 Å². The monoisotopic (exact) mass is 429 g/mol. The Morgan fingerprint density at radius 1 is 1.13 bits per heavy atom. The van der Waals surface area contributed by atoms with Gasteiger partial charge in [-0.25, -0.2) is 0 Å². The summed E-state index contributed by atoms with van der Waals surface area (Å²) < 4.78 is 6.13. The van der Waals surface area contributed by atoms with Crippen molar-refractivity contribution in [3.05, 3.63) is 57.8 Å². The minimum Gasteiger partial charge on any atom is -0.389 e. The van der Waals surface area contributed by atoms with E-state index < -0.39 is 6.10 Å². The summed E-state index contributed by atoms with van der Waals surface area (Å²) >= 11 is 1.82. The number of nitrogens with zero attached hydrogens (tertiary/aromatic N) is 2. The van der Waals surface area contributed by atoms with Crippen LogP contribution in [0.3, 0.4) is 0 Å². The Morgan fingerprint density at radius 3 is 2.77 bits per heavy atom. The molecule has 2 aliphatic rings. The van der Waals surface area contributed by atoms with Gasteiger partial charge in [-0.05, 0) is 48.9 Å². The molecule has 0 saturated carbocycles. The minimum absolute atomic E-state index is 0.119. The van der Waals surface area contributed by atoms with Crippen molar-refractivity contribution in [3.8, 4) is 0 Å². The molecule has 1 aromatic heterocycles. The lowest BCUT2D eigenvalue weighted by molar-refractivity contribution is -0.0172. The van der Waals surface area contributed by atoms with Gasteiger partial charge in [0.2, 0.25) is 0 Å². The van der Waals surface area contributed by atoms with Crippen LogP contribution in [0, 0.1) is 0 Å². The van der Waals surface area contributed by atoms with E-state index in [1.54, 1.807) is 0 Å². The molecule has 5 nitrogen and oxygen atoms in total. The van der Waals surface area contributed by atoms with Crippen molar-refractivity contribution in [3.63, 3.8) is 0 Å². The molecule has 0 amide bonds. The standard InChI is InChI=1S/C24H35N3O2S/c1-26-11-13-27(14-12-26)22(24-10-5-15-30-24)17-25-16-20(28)18-29-23-9-4-7-19-6-2-3-8-21(19)23/h2-3,5-6,8,10,15,20,22-23,25,28H,4,7,9,11-14,16-18H2,1H3/t20-,22-,23+/m0/s1. The Labute approximate surface area is 184 Å². The highest BCUT2D eigenvalue weighted by molar-refractivity contribution is 7.10. The van der Waals surface area contributed by atoms with Gasteiger partial charge in [-0.3, -0.25) is 4.90 Å². The van der Waals surface area contributed by atoms with Crippen LogP contribution in [-0.2, 0) is 11.2 Å². The zero-order valence-electron chi connectivity index (χ0n) is 18.0. The van der Waals surface area contributed by atoms with Crippen LogP contribution in [0.4, 0.5) is 0 Å². The van der Waals surface area contributed by atoms with Gasteiger partial charge >= 0.3 is 0 Å². The molecule has 2 N–H and O–H groups in total. The molecule has 0 unspecified atom stereocenters. The second-order valence-corrected chi connectivity index (χ2v) is 9.57. The van der Waals surface area contributed by atoms with Crippen LogP contribution < -0.4 is 5.32 Å². The molecule has 1 aromatic carbocycles. The van der Waals surface area contributed by atoms with E-state index in [2.05, 4.69) is 63.9 Å². The first-order valence-corrected chi connectivity index (χ1v) is 12.1. The number of piperazine rings is 1. The number of rotatable bonds is 9. The third kappa shape index (κ3) is 5.69. The van der Waals surface area contributed by atoms with E-state index in [4.69, 9.17) is 4.74 Å². The number of fused-ring (bicyclic) bond motifs is 1. The van der Waals surface area contributed by atoms with Crippen molar-refractivity contribution in [1.29, 1.82) is 0 Å². The fraction of sp³-hybridized carbons (Fsp3) is 0.583. The maximum Gasteiger partial charge on any atom is 0.0897 e. The number of aliphatic hydroxyl groups is 1. The summed E-state index contributed by atoms with van der Waals surface area (Å²) in [6.45, 7) is 6.20. The lowest BCUT2D eigenvalue weighted by Crippen LogP contribution is -2.48. The van der Waals surface area contributed by atoms with Gasteiger partial charge < -0.3 is 20.1 Å². The molecule has 1 aliphatic heterocycles. The van der Waals surface area contributed by atoms with Gasteiger partial charge in [0.05, 0.1) is 24.9 Å². The van der Waals surface area contributed by atoms with Crippen LogP contribution in [0.1, 0.15) is 41.0 Å². The quantitative estimate of drug-likeness (QED) is 0.642. The average molecular weight is 430 g/mol. The van der Waals surface area contributed by atoms with Gasteiger partial charge in [0.1, 0.15) is 0 Å². The molecule has 3 atom stereocenters. The number of aliphatic hydroxyl groups excluding tert-OH is 1. The van der Waals surface area contributed by atoms with Crippen LogP contribution in [0.15, 0.2) is 41.8 Å². The van der Waals surface area contributed by atoms with E-state index >= 15 is 0 Å². The molecular formula is C24H35N3O2S. The van der Waals surface area contributed by atoms with Gasteiger partial charge in [-0.15, -0.1) is 11.3 Å². The molecule has 4 rings (SSSR count). The van der Waals surface area contributed by atoms with Crippen molar-refractivity contribution in [2.75, 3.05) is 52.9 Å². The fourth-order valence-corrected chi connectivity index (χ4v) is 5.44. The number of ether oxygens (including phenoxy) is 1. The molecule has 6 heteroatoms. The molecule has 1 fully saturated rings. The Balaban J connectivity index is 1.24.